The van der Waals surface area contributed by atoms with Gasteiger partial charge in [0.05, 0.1) is 16.7 Å². The van der Waals surface area contributed by atoms with Crippen molar-refractivity contribution < 1.29 is 19.6 Å². The van der Waals surface area contributed by atoms with E-state index >= 15 is 0 Å². The molecule has 0 amide bonds. The Morgan fingerprint density at radius 3 is 2.95 bits per heavy atom. The number of carboxylic acids is 1. The molecule has 1 fully saturated rings. The number of pyridine rings is 1. The average molecular weight is 279 g/mol. The highest BCUT2D eigenvalue weighted by Gasteiger charge is 2.21. The Labute approximate surface area is 114 Å². The van der Waals surface area contributed by atoms with Crippen LogP contribution in [0.5, 0.6) is 0 Å². The van der Waals surface area contributed by atoms with Crippen molar-refractivity contribution in [3.05, 3.63) is 34.0 Å². The minimum Gasteiger partial charge on any atom is -0.478 e. The summed E-state index contributed by atoms with van der Waals surface area (Å²) in [5.41, 5.74) is 0.173. The van der Waals surface area contributed by atoms with Crippen LogP contribution in [-0.2, 0) is 9.53 Å². The molecule has 106 valence electrons. The summed E-state index contributed by atoms with van der Waals surface area (Å²) in [6.45, 7) is 1.13. The Bertz CT molecular complexity index is 554. The van der Waals surface area contributed by atoms with E-state index in [1.165, 1.54) is 18.2 Å². The molecule has 1 aromatic rings. The number of aliphatic carboxylic acids is 1. The van der Waals surface area contributed by atoms with Gasteiger partial charge in [-0.05, 0) is 18.6 Å². The van der Waals surface area contributed by atoms with E-state index in [9.17, 15) is 14.9 Å². The monoisotopic (exact) mass is 279 g/mol. The zero-order chi connectivity index (χ0) is 14.5. The Balaban J connectivity index is 2.16. The van der Waals surface area contributed by atoms with Crippen LogP contribution in [0.1, 0.15) is 12.1 Å². The van der Waals surface area contributed by atoms with Gasteiger partial charge in [0.1, 0.15) is 0 Å². The molecule has 0 bridgehead atoms. The maximum Gasteiger partial charge on any atom is 0.328 e. The zero-order valence-electron chi connectivity index (χ0n) is 10.5. The van der Waals surface area contributed by atoms with Crippen LogP contribution in [0.15, 0.2) is 18.2 Å². The second-order valence-electron chi connectivity index (χ2n) is 4.19. The molecule has 0 spiro atoms. The van der Waals surface area contributed by atoms with Gasteiger partial charge in [0.2, 0.25) is 5.82 Å². The second kappa shape index (κ2) is 6.11. The SMILES string of the molecule is O=C(O)/C=C/c1ccc([N+](=O)[O-])c(NCC2CCO2)n1. The van der Waals surface area contributed by atoms with Crippen molar-refractivity contribution in [2.24, 2.45) is 0 Å². The average Bonchev–Trinajstić information content (AvgIpc) is 2.34. The number of nitro groups is 1. The number of hydrogen-bond acceptors (Lipinski definition) is 6. The van der Waals surface area contributed by atoms with E-state index in [0.29, 0.717) is 18.8 Å². The van der Waals surface area contributed by atoms with Crippen LogP contribution >= 0.6 is 0 Å². The lowest BCUT2D eigenvalue weighted by Gasteiger charge is -2.26. The van der Waals surface area contributed by atoms with Crippen molar-refractivity contribution in [2.45, 2.75) is 12.5 Å². The summed E-state index contributed by atoms with van der Waals surface area (Å²) >= 11 is 0. The van der Waals surface area contributed by atoms with Crippen molar-refractivity contribution in [1.82, 2.24) is 4.98 Å². The van der Waals surface area contributed by atoms with Crippen molar-refractivity contribution in [3.63, 3.8) is 0 Å². The fraction of sp³-hybridized carbons (Fsp3) is 0.333. The third-order valence-electron chi connectivity index (χ3n) is 2.78. The lowest BCUT2D eigenvalue weighted by atomic mass is 10.2. The molecule has 8 nitrogen and oxygen atoms in total. The molecule has 2 rings (SSSR count). The fourth-order valence-corrected chi connectivity index (χ4v) is 1.65. The molecule has 8 heteroatoms. The third-order valence-corrected chi connectivity index (χ3v) is 2.78. The van der Waals surface area contributed by atoms with E-state index in [1.54, 1.807) is 0 Å². The minimum atomic E-state index is -1.11. The van der Waals surface area contributed by atoms with Crippen LogP contribution in [0.3, 0.4) is 0 Å². The molecule has 20 heavy (non-hydrogen) atoms. The summed E-state index contributed by atoms with van der Waals surface area (Å²) < 4.78 is 5.21. The van der Waals surface area contributed by atoms with Gasteiger partial charge in [0, 0.05) is 25.3 Å². The Hall–Kier alpha value is -2.48. The van der Waals surface area contributed by atoms with Gasteiger partial charge in [-0.25, -0.2) is 9.78 Å². The number of ether oxygens (including phenoxy) is 1. The van der Waals surface area contributed by atoms with Gasteiger partial charge in [-0.2, -0.15) is 0 Å². The number of nitrogens with zero attached hydrogens (tertiary/aromatic N) is 2. The molecule has 2 N–H and O–H groups in total. The molecule has 0 aliphatic carbocycles. The highest BCUT2D eigenvalue weighted by atomic mass is 16.6. The number of carboxylic acid groups (broad SMARTS) is 1. The molecule has 1 aromatic heterocycles. The summed E-state index contributed by atoms with van der Waals surface area (Å²) in [6, 6.07) is 2.68. The van der Waals surface area contributed by atoms with Crippen molar-refractivity contribution >= 4 is 23.6 Å². The maximum absolute atomic E-state index is 10.9. The highest BCUT2D eigenvalue weighted by Crippen LogP contribution is 2.23. The summed E-state index contributed by atoms with van der Waals surface area (Å²) in [7, 11) is 0. The van der Waals surface area contributed by atoms with Gasteiger partial charge in [-0.15, -0.1) is 0 Å². The Kier molecular flexibility index (Phi) is 4.26. The molecule has 0 aromatic carbocycles. The summed E-state index contributed by atoms with van der Waals surface area (Å²) in [4.78, 5) is 24.8. The number of nitrogens with one attached hydrogen (secondary N) is 1. The molecular weight excluding hydrogens is 266 g/mol. The summed E-state index contributed by atoms with van der Waals surface area (Å²) in [6.07, 6.45) is 3.14. The first-order chi connectivity index (χ1) is 9.56. The maximum atomic E-state index is 10.9. The third kappa shape index (κ3) is 3.51. The summed E-state index contributed by atoms with van der Waals surface area (Å²) in [5, 5.41) is 22.3. The van der Waals surface area contributed by atoms with Crippen LogP contribution < -0.4 is 5.32 Å². The quantitative estimate of drug-likeness (QED) is 0.458. The van der Waals surface area contributed by atoms with E-state index in [-0.39, 0.29) is 17.6 Å². The summed E-state index contributed by atoms with van der Waals surface area (Å²) in [5.74, 6) is -0.999. The normalized spacial score (nSPS) is 17.7. The van der Waals surface area contributed by atoms with Crippen molar-refractivity contribution in [1.29, 1.82) is 0 Å². The Morgan fingerprint density at radius 1 is 1.65 bits per heavy atom. The molecule has 0 radical (unpaired) electrons. The number of rotatable bonds is 6. The van der Waals surface area contributed by atoms with Crippen molar-refractivity contribution in [3.8, 4) is 0 Å². The van der Waals surface area contributed by atoms with Crippen LogP contribution in [0.2, 0.25) is 0 Å². The zero-order valence-corrected chi connectivity index (χ0v) is 10.5. The van der Waals surface area contributed by atoms with Crippen molar-refractivity contribution in [2.75, 3.05) is 18.5 Å². The smallest absolute Gasteiger partial charge is 0.328 e. The number of anilines is 1. The first-order valence-corrected chi connectivity index (χ1v) is 5.98. The van der Waals surface area contributed by atoms with Crippen LogP contribution in [0.25, 0.3) is 6.08 Å². The second-order valence-corrected chi connectivity index (χ2v) is 4.19. The van der Waals surface area contributed by atoms with Gasteiger partial charge in [-0.1, -0.05) is 0 Å². The molecule has 0 saturated carbocycles. The van der Waals surface area contributed by atoms with Gasteiger partial charge >= 0.3 is 11.7 Å². The van der Waals surface area contributed by atoms with Gasteiger partial charge in [0.15, 0.2) is 0 Å². The van der Waals surface area contributed by atoms with Crippen LogP contribution in [0.4, 0.5) is 11.5 Å². The fourth-order valence-electron chi connectivity index (χ4n) is 1.65. The molecule has 2 heterocycles. The van der Waals surface area contributed by atoms with E-state index in [4.69, 9.17) is 9.84 Å². The topological polar surface area (TPSA) is 115 Å². The molecular formula is C12H13N3O5. The molecule has 1 atom stereocenters. The number of hydrogen-bond donors (Lipinski definition) is 2. The molecule has 1 aliphatic heterocycles. The molecule has 1 saturated heterocycles. The van der Waals surface area contributed by atoms with E-state index in [2.05, 4.69) is 10.3 Å². The molecule has 1 unspecified atom stereocenters. The van der Waals surface area contributed by atoms with Gasteiger partial charge in [0.25, 0.3) is 0 Å². The lowest BCUT2D eigenvalue weighted by Crippen LogP contribution is -2.33. The number of aromatic nitrogens is 1. The van der Waals surface area contributed by atoms with E-state index in [0.717, 1.165) is 12.5 Å². The highest BCUT2D eigenvalue weighted by molar-refractivity contribution is 5.85. The standard InChI is InChI=1S/C12H13N3O5/c16-11(17)4-2-8-1-3-10(15(18)19)12(14-8)13-7-9-5-6-20-9/h1-4,9H,5-7H2,(H,13,14)(H,16,17)/b4-2+. The lowest BCUT2D eigenvalue weighted by molar-refractivity contribution is -0.384. The van der Waals surface area contributed by atoms with Crippen LogP contribution in [0, 0.1) is 10.1 Å². The largest absolute Gasteiger partial charge is 0.478 e. The van der Waals surface area contributed by atoms with Gasteiger partial charge in [-0.3, -0.25) is 10.1 Å². The van der Waals surface area contributed by atoms with E-state index < -0.39 is 10.9 Å². The van der Waals surface area contributed by atoms with Crippen LogP contribution in [-0.4, -0.2) is 40.2 Å². The van der Waals surface area contributed by atoms with Gasteiger partial charge < -0.3 is 15.2 Å². The number of carbonyl (C=O) groups is 1. The predicted molar refractivity (Wildman–Crippen MR) is 70.4 cm³/mol. The Morgan fingerprint density at radius 2 is 2.40 bits per heavy atom. The molecule has 1 aliphatic rings. The van der Waals surface area contributed by atoms with E-state index in [1.807, 2.05) is 0 Å². The minimum absolute atomic E-state index is 0.0367. The first-order valence-electron chi connectivity index (χ1n) is 5.98. The predicted octanol–water partition coefficient (Wildman–Crippen LogP) is 1.29. The first kappa shape index (κ1) is 13.9.